The molecular formula is C6H3ClF. The summed E-state index contributed by atoms with van der Waals surface area (Å²) < 4.78 is 12.2. The topological polar surface area (TPSA) is 0 Å². The molecule has 1 aromatic rings. The van der Waals surface area contributed by atoms with Crippen LogP contribution in [0.15, 0.2) is 18.2 Å². The Hall–Kier alpha value is -0.560. The van der Waals surface area contributed by atoms with Gasteiger partial charge in [-0.3, -0.25) is 0 Å². The monoisotopic (exact) mass is 129 g/mol. The van der Waals surface area contributed by atoms with Gasteiger partial charge in [0, 0.05) is 0 Å². The van der Waals surface area contributed by atoms with Gasteiger partial charge in [-0.2, -0.15) is 0 Å². The smallest absolute Gasteiger partial charge is 0.141 e. The Balaban J connectivity index is 3.13. The molecule has 1 aromatic carbocycles. The predicted molar refractivity (Wildman–Crippen MR) is 30.2 cm³/mol. The standard InChI is InChI=1S/C6H3ClF/c7-5-3-1-2-4-6(5)8/h2-4H. The molecule has 1 radical (unpaired) electrons. The van der Waals surface area contributed by atoms with E-state index in [1.54, 1.807) is 0 Å². The molecule has 2 heteroatoms. The maximum atomic E-state index is 12.2. The Morgan fingerprint density at radius 2 is 2.38 bits per heavy atom. The summed E-state index contributed by atoms with van der Waals surface area (Å²) in [6.45, 7) is 0. The van der Waals surface area contributed by atoms with Crippen LogP contribution >= 0.6 is 11.6 Å². The summed E-state index contributed by atoms with van der Waals surface area (Å²) in [5, 5.41) is 0.118. The van der Waals surface area contributed by atoms with Crippen molar-refractivity contribution in [3.05, 3.63) is 35.1 Å². The number of hydrogen-bond acceptors (Lipinski definition) is 0. The first-order valence-electron chi connectivity index (χ1n) is 2.12. The first-order chi connectivity index (χ1) is 3.80. The Kier molecular flexibility index (Phi) is 1.49. The molecule has 8 heavy (non-hydrogen) atoms. The van der Waals surface area contributed by atoms with Gasteiger partial charge in [0.05, 0.1) is 5.02 Å². The zero-order valence-corrected chi connectivity index (χ0v) is 4.74. The number of rotatable bonds is 0. The summed E-state index contributed by atoms with van der Waals surface area (Å²) in [6.07, 6.45) is 0. The van der Waals surface area contributed by atoms with Crippen LogP contribution in [-0.2, 0) is 0 Å². The maximum Gasteiger partial charge on any atom is 0.141 e. The molecule has 0 fully saturated rings. The number of halogens is 2. The van der Waals surface area contributed by atoms with Crippen molar-refractivity contribution in [1.82, 2.24) is 0 Å². The van der Waals surface area contributed by atoms with E-state index in [4.69, 9.17) is 11.6 Å². The first kappa shape index (κ1) is 5.57. The van der Waals surface area contributed by atoms with E-state index >= 15 is 0 Å². The van der Waals surface area contributed by atoms with Crippen LogP contribution in [0.4, 0.5) is 4.39 Å². The molecular weight excluding hydrogens is 127 g/mol. The third-order valence-corrected chi connectivity index (χ3v) is 1.05. The fraction of sp³-hybridized carbons (Fsp3) is 0. The third kappa shape index (κ3) is 0.984. The molecule has 0 unspecified atom stereocenters. The van der Waals surface area contributed by atoms with Crippen molar-refractivity contribution < 1.29 is 4.39 Å². The van der Waals surface area contributed by atoms with E-state index in [9.17, 15) is 4.39 Å². The molecule has 0 bridgehead atoms. The van der Waals surface area contributed by atoms with Crippen LogP contribution in [0.5, 0.6) is 0 Å². The Morgan fingerprint density at radius 3 is 2.75 bits per heavy atom. The minimum Gasteiger partial charge on any atom is -0.205 e. The van der Waals surface area contributed by atoms with Gasteiger partial charge in [-0.05, 0) is 18.2 Å². The highest BCUT2D eigenvalue weighted by Gasteiger charge is 1.91. The highest BCUT2D eigenvalue weighted by Crippen LogP contribution is 2.10. The molecule has 0 aliphatic heterocycles. The molecule has 0 N–H and O–H groups in total. The first-order valence-corrected chi connectivity index (χ1v) is 2.49. The van der Waals surface area contributed by atoms with Crippen LogP contribution in [0, 0.1) is 11.9 Å². The van der Waals surface area contributed by atoms with E-state index in [1.807, 2.05) is 0 Å². The molecule has 1 rings (SSSR count). The van der Waals surface area contributed by atoms with Gasteiger partial charge < -0.3 is 0 Å². The Bertz CT molecular complexity index is 165. The van der Waals surface area contributed by atoms with Gasteiger partial charge in [-0.15, -0.1) is 0 Å². The van der Waals surface area contributed by atoms with Crippen LogP contribution < -0.4 is 0 Å². The summed E-state index contributed by atoms with van der Waals surface area (Å²) in [4.78, 5) is 0. The van der Waals surface area contributed by atoms with Crippen molar-refractivity contribution >= 4 is 11.6 Å². The van der Waals surface area contributed by atoms with Crippen LogP contribution in [0.25, 0.3) is 0 Å². The molecule has 0 aliphatic rings. The Morgan fingerprint density at radius 1 is 1.62 bits per heavy atom. The zero-order chi connectivity index (χ0) is 5.98. The second kappa shape index (κ2) is 2.14. The molecule has 0 aliphatic carbocycles. The molecule has 0 spiro atoms. The van der Waals surface area contributed by atoms with Gasteiger partial charge in [-0.25, -0.2) is 4.39 Å². The highest BCUT2D eigenvalue weighted by molar-refractivity contribution is 6.30. The van der Waals surface area contributed by atoms with Gasteiger partial charge in [-0.1, -0.05) is 17.7 Å². The van der Waals surface area contributed by atoms with Gasteiger partial charge in [0.15, 0.2) is 0 Å². The minimum atomic E-state index is -0.398. The van der Waals surface area contributed by atoms with E-state index in [0.29, 0.717) is 0 Å². The van der Waals surface area contributed by atoms with Crippen LogP contribution in [0.2, 0.25) is 5.02 Å². The average Bonchev–Trinajstić information content (AvgIpc) is 1.77. The Labute approximate surface area is 51.9 Å². The molecule has 0 aromatic heterocycles. The molecule has 0 atom stereocenters. The van der Waals surface area contributed by atoms with E-state index < -0.39 is 5.82 Å². The lowest BCUT2D eigenvalue weighted by Gasteiger charge is -1.86. The molecule has 0 saturated carbocycles. The summed E-state index contributed by atoms with van der Waals surface area (Å²) in [5.74, 6) is -0.398. The van der Waals surface area contributed by atoms with Gasteiger partial charge in [0.25, 0.3) is 0 Å². The quantitative estimate of drug-likeness (QED) is 0.504. The largest absolute Gasteiger partial charge is 0.205 e. The average molecular weight is 130 g/mol. The lowest BCUT2D eigenvalue weighted by molar-refractivity contribution is 0.628. The second-order valence-corrected chi connectivity index (χ2v) is 1.75. The fourth-order valence-electron chi connectivity index (χ4n) is 0.391. The van der Waals surface area contributed by atoms with E-state index in [2.05, 4.69) is 6.07 Å². The van der Waals surface area contributed by atoms with Crippen molar-refractivity contribution in [2.45, 2.75) is 0 Å². The van der Waals surface area contributed by atoms with Gasteiger partial charge in [0.1, 0.15) is 5.82 Å². The summed E-state index contributed by atoms with van der Waals surface area (Å²) in [7, 11) is 0. The summed E-state index contributed by atoms with van der Waals surface area (Å²) >= 11 is 5.30. The lowest BCUT2D eigenvalue weighted by Crippen LogP contribution is -1.70. The molecule has 41 valence electrons. The van der Waals surface area contributed by atoms with Crippen molar-refractivity contribution in [3.8, 4) is 0 Å². The molecule has 0 nitrogen and oxygen atoms in total. The van der Waals surface area contributed by atoms with Crippen LogP contribution in [0.3, 0.4) is 0 Å². The summed E-state index contributed by atoms with van der Waals surface area (Å²) in [6, 6.07) is 6.75. The van der Waals surface area contributed by atoms with Crippen molar-refractivity contribution in [1.29, 1.82) is 0 Å². The zero-order valence-electron chi connectivity index (χ0n) is 3.99. The van der Waals surface area contributed by atoms with Crippen LogP contribution in [0.1, 0.15) is 0 Å². The number of hydrogen-bond donors (Lipinski definition) is 0. The van der Waals surface area contributed by atoms with Crippen molar-refractivity contribution in [2.24, 2.45) is 0 Å². The second-order valence-electron chi connectivity index (χ2n) is 1.34. The normalized spacial score (nSPS) is 9.25. The van der Waals surface area contributed by atoms with Crippen molar-refractivity contribution in [2.75, 3.05) is 0 Å². The fourth-order valence-corrected chi connectivity index (χ4v) is 0.517. The van der Waals surface area contributed by atoms with Crippen molar-refractivity contribution in [3.63, 3.8) is 0 Å². The van der Waals surface area contributed by atoms with Crippen LogP contribution in [-0.4, -0.2) is 0 Å². The van der Waals surface area contributed by atoms with E-state index in [-0.39, 0.29) is 5.02 Å². The molecule has 0 heterocycles. The number of benzene rings is 1. The third-order valence-electron chi connectivity index (χ3n) is 0.764. The lowest BCUT2D eigenvalue weighted by atomic mass is 10.4. The molecule has 0 amide bonds. The SMILES string of the molecule is Fc1cc[c]cc1Cl. The van der Waals surface area contributed by atoms with E-state index in [1.165, 1.54) is 18.2 Å². The minimum absolute atomic E-state index is 0.118. The molecule has 0 saturated heterocycles. The van der Waals surface area contributed by atoms with E-state index in [0.717, 1.165) is 0 Å². The summed E-state index contributed by atoms with van der Waals surface area (Å²) in [5.41, 5.74) is 0. The van der Waals surface area contributed by atoms with Gasteiger partial charge >= 0.3 is 0 Å². The predicted octanol–water partition coefficient (Wildman–Crippen LogP) is 2.28. The maximum absolute atomic E-state index is 12.2. The van der Waals surface area contributed by atoms with Gasteiger partial charge in [0.2, 0.25) is 0 Å². The highest BCUT2D eigenvalue weighted by atomic mass is 35.5.